The van der Waals surface area contributed by atoms with Crippen LogP contribution < -0.4 is 10.1 Å². The number of rotatable bonds is 4. The lowest BCUT2D eigenvalue weighted by Gasteiger charge is -2.21. The Kier molecular flexibility index (Phi) is 5.30. The molecule has 0 aromatic heterocycles. The Morgan fingerprint density at radius 3 is 2.70 bits per heavy atom. The third kappa shape index (κ3) is 3.89. The van der Waals surface area contributed by atoms with E-state index < -0.39 is 0 Å². The number of carbonyl (C=O) groups excluding carboxylic acids is 1. The van der Waals surface area contributed by atoms with Gasteiger partial charge in [-0.05, 0) is 37.3 Å². The first-order valence-corrected chi connectivity index (χ1v) is 7.62. The van der Waals surface area contributed by atoms with E-state index in [1.807, 2.05) is 13.0 Å². The number of aryl methyl sites for hydroxylation is 1. The fraction of sp³-hybridized carbons (Fsp3) is 0.562. The van der Waals surface area contributed by atoms with Crippen LogP contribution in [0.3, 0.4) is 0 Å². The van der Waals surface area contributed by atoms with Gasteiger partial charge in [0.1, 0.15) is 5.75 Å². The van der Waals surface area contributed by atoms with Crippen LogP contribution in [0.15, 0.2) is 12.1 Å². The van der Waals surface area contributed by atoms with Crippen molar-refractivity contribution in [2.45, 2.75) is 45.4 Å². The van der Waals surface area contributed by atoms with Gasteiger partial charge in [-0.25, -0.2) is 0 Å². The maximum Gasteiger partial charge on any atom is 0.224 e. The highest BCUT2D eigenvalue weighted by atomic mass is 35.5. The van der Waals surface area contributed by atoms with E-state index in [4.69, 9.17) is 16.3 Å². The van der Waals surface area contributed by atoms with Gasteiger partial charge in [0.2, 0.25) is 5.91 Å². The molecule has 1 aromatic rings. The summed E-state index contributed by atoms with van der Waals surface area (Å²) in [5.41, 5.74) is 1.63. The third-order valence-corrected chi connectivity index (χ3v) is 4.36. The number of hydrogen-bond acceptors (Lipinski definition) is 2. The second-order valence-corrected chi connectivity index (χ2v) is 5.97. The second-order valence-electron chi connectivity index (χ2n) is 5.56. The molecule has 110 valence electrons. The predicted molar refractivity (Wildman–Crippen MR) is 82.6 cm³/mol. The molecule has 1 amide bonds. The van der Waals surface area contributed by atoms with Gasteiger partial charge in [0.05, 0.1) is 12.8 Å². The Balaban J connectivity index is 2.01. The molecule has 3 nitrogen and oxygen atoms in total. The summed E-state index contributed by atoms with van der Waals surface area (Å²) in [4.78, 5) is 12.1. The van der Waals surface area contributed by atoms with Crippen molar-refractivity contribution in [1.29, 1.82) is 0 Å². The van der Waals surface area contributed by atoms with Crippen LogP contribution in [0.1, 0.15) is 44.1 Å². The van der Waals surface area contributed by atoms with Crippen LogP contribution in [0.4, 0.5) is 5.69 Å². The van der Waals surface area contributed by atoms with Crippen LogP contribution in [0.2, 0.25) is 5.02 Å². The van der Waals surface area contributed by atoms with Crippen LogP contribution in [-0.4, -0.2) is 13.0 Å². The summed E-state index contributed by atoms with van der Waals surface area (Å²) in [5.74, 6) is 1.21. The molecule has 1 aliphatic carbocycles. The summed E-state index contributed by atoms with van der Waals surface area (Å²) in [7, 11) is 1.58. The zero-order valence-electron chi connectivity index (χ0n) is 12.2. The van der Waals surface area contributed by atoms with Gasteiger partial charge in [-0.1, -0.05) is 30.9 Å². The number of ether oxygens (including phenoxy) is 1. The van der Waals surface area contributed by atoms with Crippen molar-refractivity contribution < 1.29 is 9.53 Å². The molecule has 4 heteroatoms. The van der Waals surface area contributed by atoms with Gasteiger partial charge in [-0.3, -0.25) is 4.79 Å². The lowest BCUT2D eigenvalue weighted by atomic mass is 9.87. The summed E-state index contributed by atoms with van der Waals surface area (Å²) in [5, 5.41) is 3.60. The smallest absolute Gasteiger partial charge is 0.224 e. The van der Waals surface area contributed by atoms with Crippen LogP contribution in [0.5, 0.6) is 5.75 Å². The van der Waals surface area contributed by atoms with Gasteiger partial charge in [0.25, 0.3) is 0 Å². The van der Waals surface area contributed by atoms with Crippen LogP contribution in [0.25, 0.3) is 0 Å². The third-order valence-electron chi connectivity index (χ3n) is 3.95. The molecule has 0 heterocycles. The molecule has 1 fully saturated rings. The predicted octanol–water partition coefficient (Wildman–Crippen LogP) is 4.57. The highest BCUT2D eigenvalue weighted by Gasteiger charge is 2.18. The van der Waals surface area contributed by atoms with E-state index in [-0.39, 0.29) is 5.91 Å². The standard InChI is InChI=1S/C16H22ClNO2/c1-11-8-14(15(20-2)10-13(11)17)18-16(19)9-12-6-4-3-5-7-12/h8,10,12H,3-7,9H2,1-2H3,(H,18,19). The molecule has 1 aliphatic rings. The van der Waals surface area contributed by atoms with E-state index in [9.17, 15) is 4.79 Å². The van der Waals surface area contributed by atoms with Crippen LogP contribution in [0, 0.1) is 12.8 Å². The number of nitrogens with one attached hydrogen (secondary N) is 1. The maximum atomic E-state index is 12.1. The van der Waals surface area contributed by atoms with Gasteiger partial charge in [0, 0.05) is 17.5 Å². The Morgan fingerprint density at radius 2 is 2.05 bits per heavy atom. The minimum absolute atomic E-state index is 0.0666. The van der Waals surface area contributed by atoms with E-state index in [1.165, 1.54) is 32.1 Å². The first kappa shape index (κ1) is 15.2. The molecule has 20 heavy (non-hydrogen) atoms. The summed E-state index contributed by atoms with van der Waals surface area (Å²) < 4.78 is 5.27. The molecule has 0 spiro atoms. The second kappa shape index (κ2) is 6.98. The molecule has 0 aliphatic heterocycles. The number of methoxy groups -OCH3 is 1. The zero-order chi connectivity index (χ0) is 14.5. The molecule has 2 rings (SSSR count). The zero-order valence-corrected chi connectivity index (χ0v) is 12.9. The number of hydrogen-bond donors (Lipinski definition) is 1. The molecule has 1 aromatic carbocycles. The number of halogens is 1. The lowest BCUT2D eigenvalue weighted by Crippen LogP contribution is -2.18. The number of carbonyl (C=O) groups is 1. The van der Waals surface area contributed by atoms with Crippen molar-refractivity contribution in [3.63, 3.8) is 0 Å². The van der Waals surface area contributed by atoms with E-state index in [1.54, 1.807) is 13.2 Å². The molecule has 1 saturated carbocycles. The fourth-order valence-corrected chi connectivity index (χ4v) is 2.94. The number of amides is 1. The molecule has 0 saturated heterocycles. The van der Waals surface area contributed by atoms with Gasteiger partial charge in [-0.2, -0.15) is 0 Å². The minimum atomic E-state index is 0.0666. The fourth-order valence-electron chi connectivity index (χ4n) is 2.78. The van der Waals surface area contributed by atoms with E-state index in [0.717, 1.165) is 5.56 Å². The van der Waals surface area contributed by atoms with Gasteiger partial charge < -0.3 is 10.1 Å². The van der Waals surface area contributed by atoms with Gasteiger partial charge >= 0.3 is 0 Å². The molecular formula is C16H22ClNO2. The minimum Gasteiger partial charge on any atom is -0.495 e. The molecule has 0 atom stereocenters. The summed E-state index contributed by atoms with van der Waals surface area (Å²) in [6.45, 7) is 1.92. The van der Waals surface area contributed by atoms with E-state index >= 15 is 0 Å². The summed E-state index contributed by atoms with van der Waals surface area (Å²) in [6, 6.07) is 3.60. The van der Waals surface area contributed by atoms with Crippen molar-refractivity contribution in [3.8, 4) is 5.75 Å². The molecule has 0 radical (unpaired) electrons. The molecular weight excluding hydrogens is 274 g/mol. The summed E-state index contributed by atoms with van der Waals surface area (Å²) >= 11 is 6.06. The first-order valence-electron chi connectivity index (χ1n) is 7.24. The lowest BCUT2D eigenvalue weighted by molar-refractivity contribution is -0.117. The van der Waals surface area contributed by atoms with Gasteiger partial charge in [-0.15, -0.1) is 0 Å². The van der Waals surface area contributed by atoms with Crippen molar-refractivity contribution in [3.05, 3.63) is 22.7 Å². The van der Waals surface area contributed by atoms with Crippen molar-refractivity contribution >= 4 is 23.2 Å². The Labute approximate surface area is 125 Å². The number of benzene rings is 1. The maximum absolute atomic E-state index is 12.1. The monoisotopic (exact) mass is 295 g/mol. The van der Waals surface area contributed by atoms with Crippen LogP contribution >= 0.6 is 11.6 Å². The highest BCUT2D eigenvalue weighted by molar-refractivity contribution is 6.31. The van der Waals surface area contributed by atoms with Crippen LogP contribution in [-0.2, 0) is 4.79 Å². The van der Waals surface area contributed by atoms with E-state index in [0.29, 0.717) is 28.8 Å². The molecule has 0 bridgehead atoms. The summed E-state index contributed by atoms with van der Waals surface area (Å²) in [6.07, 6.45) is 6.75. The largest absolute Gasteiger partial charge is 0.495 e. The van der Waals surface area contributed by atoms with Crippen molar-refractivity contribution in [2.24, 2.45) is 5.92 Å². The average Bonchev–Trinajstić information content (AvgIpc) is 2.43. The highest BCUT2D eigenvalue weighted by Crippen LogP contribution is 2.32. The Morgan fingerprint density at radius 1 is 1.35 bits per heavy atom. The normalized spacial score (nSPS) is 15.9. The van der Waals surface area contributed by atoms with Crippen molar-refractivity contribution in [1.82, 2.24) is 0 Å². The van der Waals surface area contributed by atoms with E-state index in [2.05, 4.69) is 5.32 Å². The topological polar surface area (TPSA) is 38.3 Å². The molecule has 0 unspecified atom stereocenters. The quantitative estimate of drug-likeness (QED) is 0.884. The Hall–Kier alpha value is -1.22. The first-order chi connectivity index (χ1) is 9.60. The molecule has 1 N–H and O–H groups in total. The number of anilines is 1. The average molecular weight is 296 g/mol. The van der Waals surface area contributed by atoms with Gasteiger partial charge in [0.15, 0.2) is 0 Å². The van der Waals surface area contributed by atoms with Crippen molar-refractivity contribution in [2.75, 3.05) is 12.4 Å². The Bertz CT molecular complexity index is 482. The SMILES string of the molecule is COc1cc(Cl)c(C)cc1NC(=O)CC1CCCCC1.